The minimum Gasteiger partial charge on any atom is -0.282 e. The largest absolute Gasteiger partial charge is 0.295 e. The minimum absolute atomic E-state index is 0.0677. The quantitative estimate of drug-likeness (QED) is 0.797. The summed E-state index contributed by atoms with van der Waals surface area (Å²) < 4.78 is 33.3. The average molecular weight is 284 g/mol. The van der Waals surface area contributed by atoms with Crippen LogP contribution in [0.4, 0.5) is 0 Å². The molecule has 4 heteroatoms. The van der Waals surface area contributed by atoms with E-state index in [1.807, 2.05) is 60.6 Å². The van der Waals surface area contributed by atoms with Crippen LogP contribution in [-0.4, -0.2) is 13.0 Å². The lowest BCUT2D eigenvalue weighted by Crippen LogP contribution is -2.23. The van der Waals surface area contributed by atoms with Crippen LogP contribution in [0.1, 0.15) is 58.2 Å². The summed E-state index contributed by atoms with van der Waals surface area (Å²) >= 11 is 0. The summed E-state index contributed by atoms with van der Waals surface area (Å²) in [6.45, 7) is 13.6. The van der Waals surface area contributed by atoms with Crippen molar-refractivity contribution in [2.75, 3.05) is 0 Å². The smallest absolute Gasteiger partial charge is 0.282 e. The van der Waals surface area contributed by atoms with Crippen molar-refractivity contribution in [1.82, 2.24) is 0 Å². The Labute approximate surface area is 116 Å². The standard InChI is InChI=1S/C15H24O3S/c1-10-8-11(14(2,3)4)13(19(16,17)18)12(9-10)15(5,6)7/h8-9H,1-7H3,(H,16,17,18). The summed E-state index contributed by atoms with van der Waals surface area (Å²) in [5.41, 5.74) is 1.64. The lowest BCUT2D eigenvalue weighted by atomic mass is 9.79. The van der Waals surface area contributed by atoms with E-state index >= 15 is 0 Å². The summed E-state index contributed by atoms with van der Waals surface area (Å²) in [5, 5.41) is 0. The van der Waals surface area contributed by atoms with Crippen LogP contribution in [0.25, 0.3) is 0 Å². The second kappa shape index (κ2) is 4.60. The number of benzene rings is 1. The molecule has 0 aliphatic rings. The molecule has 0 aliphatic heterocycles. The van der Waals surface area contributed by atoms with Crippen molar-refractivity contribution in [2.24, 2.45) is 0 Å². The molecule has 0 fully saturated rings. The van der Waals surface area contributed by atoms with Gasteiger partial charge in [-0.05, 0) is 28.9 Å². The molecule has 0 unspecified atom stereocenters. The van der Waals surface area contributed by atoms with Gasteiger partial charge in [-0.25, -0.2) is 0 Å². The molecule has 0 saturated heterocycles. The van der Waals surface area contributed by atoms with Crippen molar-refractivity contribution >= 4 is 10.1 Å². The van der Waals surface area contributed by atoms with Gasteiger partial charge in [-0.2, -0.15) is 8.42 Å². The molecule has 1 rings (SSSR count). The van der Waals surface area contributed by atoms with Crippen molar-refractivity contribution in [3.63, 3.8) is 0 Å². The number of aryl methyl sites for hydroxylation is 1. The fourth-order valence-corrected chi connectivity index (χ4v) is 3.45. The Morgan fingerprint density at radius 1 is 0.895 bits per heavy atom. The summed E-state index contributed by atoms with van der Waals surface area (Å²) in [6.07, 6.45) is 0. The van der Waals surface area contributed by atoms with Gasteiger partial charge in [0.1, 0.15) is 4.90 Å². The molecular formula is C15H24O3S. The Balaban J connectivity index is 3.91. The van der Waals surface area contributed by atoms with Gasteiger partial charge in [0.05, 0.1) is 0 Å². The van der Waals surface area contributed by atoms with E-state index < -0.39 is 10.1 Å². The number of hydrogen-bond acceptors (Lipinski definition) is 2. The number of rotatable bonds is 1. The van der Waals surface area contributed by atoms with E-state index in [4.69, 9.17) is 0 Å². The van der Waals surface area contributed by atoms with Gasteiger partial charge in [0.2, 0.25) is 0 Å². The first-order valence-corrected chi connectivity index (χ1v) is 7.81. The summed E-state index contributed by atoms with van der Waals surface area (Å²) in [5.74, 6) is 0. The molecule has 0 spiro atoms. The molecular weight excluding hydrogens is 260 g/mol. The third-order valence-corrected chi connectivity index (χ3v) is 4.06. The van der Waals surface area contributed by atoms with E-state index in [1.165, 1.54) is 0 Å². The van der Waals surface area contributed by atoms with Crippen LogP contribution >= 0.6 is 0 Å². The molecule has 0 radical (unpaired) electrons. The Kier molecular flexibility index (Phi) is 3.92. The highest BCUT2D eigenvalue weighted by atomic mass is 32.2. The SMILES string of the molecule is Cc1cc(C(C)(C)C)c(S(=O)(=O)O)c(C(C)(C)C)c1. The Hall–Kier alpha value is -0.870. The topological polar surface area (TPSA) is 54.4 Å². The van der Waals surface area contributed by atoms with Crippen LogP contribution in [0.5, 0.6) is 0 Å². The molecule has 1 aromatic rings. The van der Waals surface area contributed by atoms with E-state index in [2.05, 4.69) is 0 Å². The van der Waals surface area contributed by atoms with Gasteiger partial charge in [0, 0.05) is 0 Å². The first-order chi connectivity index (χ1) is 8.24. The monoisotopic (exact) mass is 284 g/mol. The molecule has 0 atom stereocenters. The molecule has 108 valence electrons. The summed E-state index contributed by atoms with van der Waals surface area (Å²) in [6, 6.07) is 3.69. The van der Waals surface area contributed by atoms with Gasteiger partial charge in [0.25, 0.3) is 10.1 Å². The van der Waals surface area contributed by atoms with Crippen molar-refractivity contribution in [3.8, 4) is 0 Å². The van der Waals surface area contributed by atoms with E-state index in [0.717, 1.165) is 5.56 Å². The zero-order chi connectivity index (χ0) is 15.2. The molecule has 3 nitrogen and oxygen atoms in total. The molecule has 0 bridgehead atoms. The third-order valence-electron chi connectivity index (χ3n) is 3.11. The third kappa shape index (κ3) is 3.57. The van der Waals surface area contributed by atoms with E-state index in [-0.39, 0.29) is 15.7 Å². The maximum Gasteiger partial charge on any atom is 0.295 e. The molecule has 0 saturated carbocycles. The maximum absolute atomic E-state index is 11.8. The minimum atomic E-state index is -4.25. The van der Waals surface area contributed by atoms with Crippen LogP contribution in [0.3, 0.4) is 0 Å². The molecule has 19 heavy (non-hydrogen) atoms. The molecule has 0 amide bonds. The van der Waals surface area contributed by atoms with Crippen LogP contribution in [0.15, 0.2) is 17.0 Å². The number of hydrogen-bond donors (Lipinski definition) is 1. The second-order valence-corrected chi connectivity index (χ2v) is 8.52. The maximum atomic E-state index is 11.8. The summed E-state index contributed by atoms with van der Waals surface area (Å²) in [4.78, 5) is 0.0677. The first kappa shape index (κ1) is 16.2. The second-order valence-electron chi connectivity index (χ2n) is 7.16. The Morgan fingerprint density at radius 3 is 1.42 bits per heavy atom. The predicted molar refractivity (Wildman–Crippen MR) is 78.4 cm³/mol. The van der Waals surface area contributed by atoms with Gasteiger partial charge in [-0.1, -0.05) is 59.2 Å². The van der Waals surface area contributed by atoms with Crippen LogP contribution in [0.2, 0.25) is 0 Å². The van der Waals surface area contributed by atoms with Crippen LogP contribution in [0, 0.1) is 6.92 Å². The normalized spacial score (nSPS) is 13.7. The van der Waals surface area contributed by atoms with Crippen molar-refractivity contribution in [3.05, 3.63) is 28.8 Å². The Morgan fingerprint density at radius 2 is 1.21 bits per heavy atom. The fourth-order valence-electron chi connectivity index (χ4n) is 2.17. The zero-order valence-corrected chi connectivity index (χ0v) is 13.6. The molecule has 1 N–H and O–H groups in total. The summed E-state index contributed by atoms with van der Waals surface area (Å²) in [7, 11) is -4.25. The highest BCUT2D eigenvalue weighted by Crippen LogP contribution is 2.37. The van der Waals surface area contributed by atoms with Crippen LogP contribution < -0.4 is 0 Å². The zero-order valence-electron chi connectivity index (χ0n) is 12.8. The lowest BCUT2D eigenvalue weighted by molar-refractivity contribution is 0.466. The molecule has 0 heterocycles. The van der Waals surface area contributed by atoms with Crippen molar-refractivity contribution in [2.45, 2.75) is 64.2 Å². The van der Waals surface area contributed by atoms with Gasteiger partial charge in [0.15, 0.2) is 0 Å². The highest BCUT2D eigenvalue weighted by Gasteiger charge is 2.31. The predicted octanol–water partition coefficient (Wildman–Crippen LogP) is 3.84. The highest BCUT2D eigenvalue weighted by molar-refractivity contribution is 7.86. The molecule has 0 aliphatic carbocycles. The van der Waals surface area contributed by atoms with E-state index in [0.29, 0.717) is 11.1 Å². The van der Waals surface area contributed by atoms with Crippen LogP contribution in [-0.2, 0) is 20.9 Å². The fraction of sp³-hybridized carbons (Fsp3) is 0.600. The van der Waals surface area contributed by atoms with Gasteiger partial charge in [-0.15, -0.1) is 0 Å². The average Bonchev–Trinajstić information content (AvgIpc) is 2.11. The van der Waals surface area contributed by atoms with E-state index in [1.54, 1.807) is 0 Å². The molecule has 0 aromatic heterocycles. The van der Waals surface area contributed by atoms with Gasteiger partial charge >= 0.3 is 0 Å². The first-order valence-electron chi connectivity index (χ1n) is 6.37. The van der Waals surface area contributed by atoms with Gasteiger partial charge < -0.3 is 0 Å². The van der Waals surface area contributed by atoms with Gasteiger partial charge in [-0.3, -0.25) is 4.55 Å². The Bertz CT molecular complexity index is 550. The van der Waals surface area contributed by atoms with Crippen molar-refractivity contribution in [1.29, 1.82) is 0 Å². The molecule has 1 aromatic carbocycles. The lowest BCUT2D eigenvalue weighted by Gasteiger charge is -2.29. The van der Waals surface area contributed by atoms with E-state index in [9.17, 15) is 13.0 Å². The van der Waals surface area contributed by atoms with Crippen molar-refractivity contribution < 1.29 is 13.0 Å².